The Balaban J connectivity index is 1.14. The number of methoxy groups -OCH3 is 1. The molecule has 11 heteroatoms. The number of hydrogen-bond acceptors (Lipinski definition) is 8. The van der Waals surface area contributed by atoms with E-state index < -0.39 is 23.0 Å². The van der Waals surface area contributed by atoms with E-state index in [4.69, 9.17) is 14.2 Å². The Morgan fingerprint density at radius 1 is 0.872 bits per heavy atom. The molecule has 0 unspecified atom stereocenters. The zero-order chi connectivity index (χ0) is 32.8. The number of nitrogens with zero attached hydrogens (tertiary/aromatic N) is 4. The molecule has 5 aromatic rings. The molecule has 9 nitrogen and oxygen atoms in total. The molecule has 3 aromatic carbocycles. The lowest BCUT2D eigenvalue weighted by atomic mass is 10.0. The van der Waals surface area contributed by atoms with E-state index in [0.717, 1.165) is 30.7 Å². The Bertz CT molecular complexity index is 1940. The molecule has 47 heavy (non-hydrogen) atoms. The number of halogens is 2. The average Bonchev–Trinajstić information content (AvgIpc) is 3.08. The molecule has 0 atom stereocenters. The van der Waals surface area contributed by atoms with E-state index in [9.17, 15) is 14.0 Å². The monoisotopic (exact) mass is 640 g/mol. The summed E-state index contributed by atoms with van der Waals surface area (Å²) < 4.78 is 47.3. The summed E-state index contributed by atoms with van der Waals surface area (Å²) >= 11 is 0. The second kappa shape index (κ2) is 14.5. The van der Waals surface area contributed by atoms with Gasteiger partial charge in [0.05, 0.1) is 30.5 Å². The third-order valence-electron chi connectivity index (χ3n) is 8.11. The molecule has 1 fully saturated rings. The van der Waals surface area contributed by atoms with Crippen LogP contribution in [0.5, 0.6) is 23.0 Å². The third-order valence-corrected chi connectivity index (χ3v) is 8.11. The normalized spacial score (nSPS) is 13.4. The summed E-state index contributed by atoms with van der Waals surface area (Å²) in [6.45, 7) is 3.81. The van der Waals surface area contributed by atoms with Crippen LogP contribution in [0.3, 0.4) is 0 Å². The van der Waals surface area contributed by atoms with Crippen molar-refractivity contribution in [3.05, 3.63) is 112 Å². The van der Waals surface area contributed by atoms with Gasteiger partial charge in [0.15, 0.2) is 28.8 Å². The van der Waals surface area contributed by atoms with Crippen molar-refractivity contribution < 1.29 is 27.8 Å². The molecule has 3 heterocycles. The fraction of sp³-hybridized carbons (Fsp3) is 0.278. The van der Waals surface area contributed by atoms with Gasteiger partial charge in [0, 0.05) is 36.8 Å². The van der Waals surface area contributed by atoms with Crippen LogP contribution in [-0.4, -0.2) is 58.8 Å². The molecule has 1 aliphatic rings. The van der Waals surface area contributed by atoms with Crippen LogP contribution < -0.4 is 19.8 Å². The van der Waals surface area contributed by atoms with Crippen LogP contribution in [0.4, 0.5) is 8.78 Å². The molecular formula is C36H34F2N4O5. The van der Waals surface area contributed by atoms with Crippen LogP contribution in [-0.2, 0) is 6.42 Å². The first-order valence-corrected chi connectivity index (χ1v) is 15.6. The fourth-order valence-corrected chi connectivity index (χ4v) is 5.67. The van der Waals surface area contributed by atoms with Gasteiger partial charge in [0.2, 0.25) is 0 Å². The van der Waals surface area contributed by atoms with E-state index in [1.54, 1.807) is 37.6 Å². The average molecular weight is 641 g/mol. The number of rotatable bonds is 12. The van der Waals surface area contributed by atoms with Crippen molar-refractivity contribution in [3.63, 3.8) is 0 Å². The SMILES string of the molecule is COc1cc2c(Oc3ccc(CC(=O)c4ccnn(-c5ccc(F)cc5)c4=O)cc3F)ccnc2cc1OCCCN1CCCCC1. The van der Waals surface area contributed by atoms with Gasteiger partial charge in [-0.15, -0.1) is 0 Å². The van der Waals surface area contributed by atoms with Crippen molar-refractivity contribution in [1.29, 1.82) is 0 Å². The summed E-state index contributed by atoms with van der Waals surface area (Å²) in [5.74, 6) is -0.260. The van der Waals surface area contributed by atoms with Gasteiger partial charge in [-0.05, 0) is 92.5 Å². The van der Waals surface area contributed by atoms with E-state index in [1.165, 1.54) is 67.9 Å². The predicted molar refractivity (Wildman–Crippen MR) is 173 cm³/mol. The van der Waals surface area contributed by atoms with Crippen molar-refractivity contribution >= 4 is 16.7 Å². The van der Waals surface area contributed by atoms with Gasteiger partial charge in [-0.25, -0.2) is 8.78 Å². The summed E-state index contributed by atoms with van der Waals surface area (Å²) in [6, 6.07) is 15.9. The maximum Gasteiger partial charge on any atom is 0.282 e. The van der Waals surface area contributed by atoms with Crippen LogP contribution >= 0.6 is 0 Å². The van der Waals surface area contributed by atoms with Crippen LogP contribution in [0, 0.1) is 11.6 Å². The number of Topliss-reactive ketones (excluding diaryl/α,β-unsaturated/α-hetero) is 1. The predicted octanol–water partition coefficient (Wildman–Crippen LogP) is 6.54. The first-order chi connectivity index (χ1) is 22.9. The highest BCUT2D eigenvalue weighted by atomic mass is 19.1. The molecule has 2 aromatic heterocycles. The number of benzene rings is 3. The summed E-state index contributed by atoms with van der Waals surface area (Å²) in [5.41, 5.74) is 0.489. The second-order valence-corrected chi connectivity index (χ2v) is 11.3. The number of aromatic nitrogens is 3. The number of ketones is 1. The lowest BCUT2D eigenvalue weighted by molar-refractivity contribution is 0.0991. The number of carbonyl (C=O) groups is 1. The lowest BCUT2D eigenvalue weighted by Gasteiger charge is -2.26. The van der Waals surface area contributed by atoms with Crippen LogP contribution in [0.1, 0.15) is 41.6 Å². The zero-order valence-electron chi connectivity index (χ0n) is 26.0. The quantitative estimate of drug-likeness (QED) is 0.112. The maximum atomic E-state index is 15.3. The highest BCUT2D eigenvalue weighted by Gasteiger charge is 2.18. The molecule has 0 bridgehead atoms. The van der Waals surface area contributed by atoms with Gasteiger partial charge >= 0.3 is 0 Å². The Morgan fingerprint density at radius 2 is 1.68 bits per heavy atom. The number of ether oxygens (including phenoxy) is 3. The van der Waals surface area contributed by atoms with E-state index in [0.29, 0.717) is 46.0 Å². The molecule has 0 aliphatic carbocycles. The summed E-state index contributed by atoms with van der Waals surface area (Å²) in [4.78, 5) is 33.0. The van der Waals surface area contributed by atoms with Crippen LogP contribution in [0.15, 0.2) is 83.9 Å². The van der Waals surface area contributed by atoms with Gasteiger partial charge in [0.25, 0.3) is 5.56 Å². The third kappa shape index (κ3) is 7.47. The molecular weight excluding hydrogens is 606 g/mol. The summed E-state index contributed by atoms with van der Waals surface area (Å²) in [5, 5.41) is 4.61. The Hall–Kier alpha value is -5.16. The number of carbonyl (C=O) groups excluding carboxylic acids is 1. The minimum absolute atomic E-state index is 0.0479. The van der Waals surface area contributed by atoms with E-state index in [-0.39, 0.29) is 17.7 Å². The van der Waals surface area contributed by atoms with Crippen molar-refractivity contribution in [3.8, 4) is 28.7 Å². The summed E-state index contributed by atoms with van der Waals surface area (Å²) in [6.07, 6.45) is 7.36. The molecule has 1 saturated heterocycles. The standard InChI is InChI=1S/C36H34F2N4O5/c1-45-34-22-28-30(23-35(34)46-19-5-18-41-16-3-2-4-17-41)39-14-13-32(28)47-33-11-6-24(20-29(33)38)21-31(43)27-12-15-40-42(36(27)44)26-9-7-25(37)8-10-26/h6-15,20,22-23H,2-5,16-19,21H2,1H3. The molecule has 6 rings (SSSR count). The molecule has 0 spiro atoms. The molecule has 0 N–H and O–H groups in total. The number of hydrogen-bond donors (Lipinski definition) is 0. The van der Waals surface area contributed by atoms with Crippen molar-refractivity contribution in [2.45, 2.75) is 32.1 Å². The van der Waals surface area contributed by atoms with Crippen molar-refractivity contribution in [2.24, 2.45) is 0 Å². The minimum atomic E-state index is -0.681. The van der Waals surface area contributed by atoms with Gasteiger partial charge in [-0.3, -0.25) is 14.6 Å². The molecule has 0 radical (unpaired) electrons. The molecule has 1 aliphatic heterocycles. The van der Waals surface area contributed by atoms with Gasteiger partial charge in [-0.1, -0.05) is 12.5 Å². The minimum Gasteiger partial charge on any atom is -0.493 e. The zero-order valence-corrected chi connectivity index (χ0v) is 26.0. The van der Waals surface area contributed by atoms with E-state index in [2.05, 4.69) is 15.0 Å². The highest BCUT2D eigenvalue weighted by molar-refractivity contribution is 5.97. The van der Waals surface area contributed by atoms with E-state index >= 15 is 4.39 Å². The van der Waals surface area contributed by atoms with Crippen molar-refractivity contribution in [2.75, 3.05) is 33.4 Å². The number of fused-ring (bicyclic) bond motifs is 1. The fourth-order valence-electron chi connectivity index (χ4n) is 5.67. The number of likely N-dealkylation sites (tertiary alicyclic amines) is 1. The smallest absolute Gasteiger partial charge is 0.282 e. The number of pyridine rings is 1. The molecule has 0 amide bonds. The van der Waals surface area contributed by atoms with Gasteiger partial charge < -0.3 is 19.1 Å². The Kier molecular flexibility index (Phi) is 9.82. The second-order valence-electron chi connectivity index (χ2n) is 11.3. The topological polar surface area (TPSA) is 95.8 Å². The first-order valence-electron chi connectivity index (χ1n) is 15.6. The van der Waals surface area contributed by atoms with Gasteiger partial charge in [0.1, 0.15) is 11.6 Å². The first kappa shape index (κ1) is 31.8. The van der Waals surface area contributed by atoms with Gasteiger partial charge in [-0.2, -0.15) is 9.78 Å². The Morgan fingerprint density at radius 3 is 2.45 bits per heavy atom. The molecule has 242 valence electrons. The van der Waals surface area contributed by atoms with Crippen molar-refractivity contribution in [1.82, 2.24) is 19.7 Å². The maximum absolute atomic E-state index is 15.3. The van der Waals surface area contributed by atoms with E-state index in [1.807, 2.05) is 0 Å². The largest absolute Gasteiger partial charge is 0.493 e. The van der Waals surface area contributed by atoms with Crippen LogP contribution in [0.2, 0.25) is 0 Å². The van der Waals surface area contributed by atoms with Crippen LogP contribution in [0.25, 0.3) is 16.6 Å². The Labute approximate surface area is 270 Å². The lowest BCUT2D eigenvalue weighted by Crippen LogP contribution is -2.31. The summed E-state index contributed by atoms with van der Waals surface area (Å²) in [7, 11) is 1.56. The molecule has 0 saturated carbocycles. The number of piperidine rings is 1. The highest BCUT2D eigenvalue weighted by Crippen LogP contribution is 2.37.